The van der Waals surface area contributed by atoms with Crippen molar-refractivity contribution in [1.82, 2.24) is 0 Å². The van der Waals surface area contributed by atoms with E-state index in [0.29, 0.717) is 11.2 Å². The van der Waals surface area contributed by atoms with Crippen LogP contribution in [0.5, 0.6) is 0 Å². The molecule has 0 bridgehead atoms. The van der Waals surface area contributed by atoms with Crippen LogP contribution in [0.4, 0.5) is 10.1 Å². The SMILES string of the molecule is Cc1ccc(C(=O)Nc2ccc3c(c2)B(O)OC3(C)C)c(F)c1. The summed E-state index contributed by atoms with van der Waals surface area (Å²) in [5, 5.41) is 12.6. The topological polar surface area (TPSA) is 58.6 Å². The fourth-order valence-corrected chi connectivity index (χ4v) is 2.80. The Bertz CT molecular complexity index is 791. The van der Waals surface area contributed by atoms with Gasteiger partial charge in [0.05, 0.1) is 11.2 Å². The van der Waals surface area contributed by atoms with Crippen LogP contribution in [-0.4, -0.2) is 18.0 Å². The molecule has 1 heterocycles. The van der Waals surface area contributed by atoms with Crippen molar-refractivity contribution in [2.24, 2.45) is 0 Å². The molecule has 1 aliphatic heterocycles. The molecule has 0 atom stereocenters. The van der Waals surface area contributed by atoms with E-state index in [1.165, 1.54) is 12.1 Å². The minimum Gasteiger partial charge on any atom is -0.423 e. The third-order valence-electron chi connectivity index (χ3n) is 4.00. The first-order valence-electron chi connectivity index (χ1n) is 7.36. The van der Waals surface area contributed by atoms with E-state index in [4.69, 9.17) is 4.65 Å². The van der Waals surface area contributed by atoms with Gasteiger partial charge in [-0.1, -0.05) is 12.1 Å². The second kappa shape index (κ2) is 5.47. The molecule has 23 heavy (non-hydrogen) atoms. The maximum Gasteiger partial charge on any atom is 0.492 e. The number of hydrogen-bond donors (Lipinski definition) is 2. The van der Waals surface area contributed by atoms with Crippen molar-refractivity contribution >= 4 is 24.2 Å². The van der Waals surface area contributed by atoms with Crippen LogP contribution in [0.1, 0.15) is 35.3 Å². The van der Waals surface area contributed by atoms with Gasteiger partial charge in [-0.15, -0.1) is 0 Å². The maximum atomic E-state index is 13.9. The lowest BCUT2D eigenvalue weighted by molar-refractivity contribution is 0.100. The van der Waals surface area contributed by atoms with E-state index in [9.17, 15) is 14.2 Å². The molecule has 3 rings (SSSR count). The van der Waals surface area contributed by atoms with E-state index >= 15 is 0 Å². The number of halogens is 1. The zero-order valence-corrected chi connectivity index (χ0v) is 13.2. The van der Waals surface area contributed by atoms with Gasteiger partial charge in [-0.05, 0) is 61.6 Å². The molecule has 2 aromatic rings. The number of carbonyl (C=O) groups is 1. The normalized spacial score (nSPS) is 15.4. The first-order chi connectivity index (χ1) is 10.8. The predicted molar refractivity (Wildman–Crippen MR) is 87.3 cm³/mol. The summed E-state index contributed by atoms with van der Waals surface area (Å²) in [5.74, 6) is -1.09. The van der Waals surface area contributed by atoms with Crippen molar-refractivity contribution in [2.75, 3.05) is 5.32 Å². The molecule has 0 saturated heterocycles. The second-order valence-electron chi connectivity index (χ2n) is 6.22. The standard InChI is InChI=1S/C17H17BFNO3/c1-10-4-6-12(15(19)8-10)16(21)20-11-5-7-13-14(9-11)18(22)23-17(13,2)3/h4-9,22H,1-3H3,(H,20,21). The van der Waals surface area contributed by atoms with Gasteiger partial charge in [0.1, 0.15) is 5.82 Å². The molecule has 0 radical (unpaired) electrons. The van der Waals surface area contributed by atoms with Gasteiger partial charge in [-0.3, -0.25) is 4.79 Å². The molecule has 1 amide bonds. The zero-order chi connectivity index (χ0) is 16.8. The molecular weight excluding hydrogens is 296 g/mol. The lowest BCUT2D eigenvalue weighted by Gasteiger charge is -2.19. The average Bonchev–Trinajstić information content (AvgIpc) is 2.68. The van der Waals surface area contributed by atoms with E-state index in [1.54, 1.807) is 31.2 Å². The summed E-state index contributed by atoms with van der Waals surface area (Å²) in [7, 11) is -1.03. The molecular formula is C17H17BFNO3. The van der Waals surface area contributed by atoms with Crippen molar-refractivity contribution in [3.8, 4) is 0 Å². The van der Waals surface area contributed by atoms with Gasteiger partial charge in [0.15, 0.2) is 0 Å². The molecule has 0 aromatic heterocycles. The Hall–Kier alpha value is -2.18. The molecule has 0 spiro atoms. The summed E-state index contributed by atoms with van der Waals surface area (Å²) in [6.07, 6.45) is 0. The number of rotatable bonds is 2. The number of amides is 1. The maximum absolute atomic E-state index is 13.9. The summed E-state index contributed by atoms with van der Waals surface area (Å²) in [5.41, 5.74) is 2.10. The third kappa shape index (κ3) is 2.87. The molecule has 6 heteroatoms. The first-order valence-corrected chi connectivity index (χ1v) is 7.36. The molecule has 118 valence electrons. The highest BCUT2D eigenvalue weighted by molar-refractivity contribution is 6.62. The molecule has 0 aliphatic carbocycles. The summed E-state index contributed by atoms with van der Waals surface area (Å²) in [6.45, 7) is 5.48. The number of anilines is 1. The zero-order valence-electron chi connectivity index (χ0n) is 13.2. The monoisotopic (exact) mass is 313 g/mol. The van der Waals surface area contributed by atoms with Crippen LogP contribution < -0.4 is 10.8 Å². The van der Waals surface area contributed by atoms with Crippen molar-refractivity contribution in [3.63, 3.8) is 0 Å². The Kier molecular flexibility index (Phi) is 3.74. The highest BCUT2D eigenvalue weighted by atomic mass is 19.1. The molecule has 0 fully saturated rings. The molecule has 0 saturated carbocycles. The number of fused-ring (bicyclic) bond motifs is 1. The Morgan fingerprint density at radius 1 is 1.26 bits per heavy atom. The van der Waals surface area contributed by atoms with E-state index in [0.717, 1.165) is 11.1 Å². The van der Waals surface area contributed by atoms with Gasteiger partial charge in [0, 0.05) is 5.69 Å². The summed E-state index contributed by atoms with van der Waals surface area (Å²) in [6, 6.07) is 9.62. The fraction of sp³-hybridized carbons (Fsp3) is 0.235. The van der Waals surface area contributed by atoms with Gasteiger partial charge in [-0.2, -0.15) is 0 Å². The second-order valence-corrected chi connectivity index (χ2v) is 6.22. The van der Waals surface area contributed by atoms with E-state index in [2.05, 4.69) is 5.32 Å². The van der Waals surface area contributed by atoms with Crippen molar-refractivity contribution in [3.05, 3.63) is 58.9 Å². The van der Waals surface area contributed by atoms with E-state index in [-0.39, 0.29) is 5.56 Å². The number of benzene rings is 2. The Morgan fingerprint density at radius 2 is 2.00 bits per heavy atom. The Balaban J connectivity index is 1.87. The van der Waals surface area contributed by atoms with Gasteiger partial charge < -0.3 is 15.0 Å². The van der Waals surface area contributed by atoms with Crippen LogP contribution in [-0.2, 0) is 10.3 Å². The number of nitrogens with one attached hydrogen (secondary N) is 1. The molecule has 2 N–H and O–H groups in total. The van der Waals surface area contributed by atoms with Crippen LogP contribution >= 0.6 is 0 Å². The molecule has 0 unspecified atom stereocenters. The van der Waals surface area contributed by atoms with Gasteiger partial charge in [-0.25, -0.2) is 4.39 Å². The van der Waals surface area contributed by atoms with E-state index < -0.39 is 24.4 Å². The van der Waals surface area contributed by atoms with E-state index in [1.807, 2.05) is 13.8 Å². The smallest absolute Gasteiger partial charge is 0.423 e. The Labute approximate surface area is 134 Å². The van der Waals surface area contributed by atoms with Gasteiger partial charge in [0.25, 0.3) is 5.91 Å². The highest BCUT2D eigenvalue weighted by Gasteiger charge is 2.40. The summed E-state index contributed by atoms with van der Waals surface area (Å²) < 4.78 is 19.3. The number of aryl methyl sites for hydroxylation is 1. The largest absolute Gasteiger partial charge is 0.492 e. The van der Waals surface area contributed by atoms with Crippen molar-refractivity contribution < 1.29 is 18.9 Å². The lowest BCUT2D eigenvalue weighted by Crippen LogP contribution is -2.29. The van der Waals surface area contributed by atoms with Gasteiger partial charge >= 0.3 is 7.12 Å². The van der Waals surface area contributed by atoms with Crippen LogP contribution in [0.15, 0.2) is 36.4 Å². The summed E-state index contributed by atoms with van der Waals surface area (Å²) >= 11 is 0. The van der Waals surface area contributed by atoms with Crippen LogP contribution in [0.3, 0.4) is 0 Å². The predicted octanol–water partition coefficient (Wildman–Crippen LogP) is 2.34. The molecule has 1 aliphatic rings. The number of carbonyl (C=O) groups excluding carboxylic acids is 1. The summed E-state index contributed by atoms with van der Waals surface area (Å²) in [4.78, 5) is 12.2. The molecule has 2 aromatic carbocycles. The van der Waals surface area contributed by atoms with Gasteiger partial charge in [0.2, 0.25) is 0 Å². The molecule has 4 nitrogen and oxygen atoms in total. The van der Waals surface area contributed by atoms with Crippen LogP contribution in [0.2, 0.25) is 0 Å². The lowest BCUT2D eigenvalue weighted by atomic mass is 9.78. The Morgan fingerprint density at radius 3 is 2.70 bits per heavy atom. The quantitative estimate of drug-likeness (QED) is 0.837. The first kappa shape index (κ1) is 15.7. The fourth-order valence-electron chi connectivity index (χ4n) is 2.80. The average molecular weight is 313 g/mol. The highest BCUT2D eigenvalue weighted by Crippen LogP contribution is 2.30. The minimum atomic E-state index is -1.03. The van der Waals surface area contributed by atoms with Crippen molar-refractivity contribution in [1.29, 1.82) is 0 Å². The minimum absolute atomic E-state index is 0.0202. The van der Waals surface area contributed by atoms with Crippen molar-refractivity contribution in [2.45, 2.75) is 26.4 Å². The van der Waals surface area contributed by atoms with Crippen LogP contribution in [0, 0.1) is 12.7 Å². The number of hydrogen-bond acceptors (Lipinski definition) is 3. The van der Waals surface area contributed by atoms with Crippen LogP contribution in [0.25, 0.3) is 0 Å². The third-order valence-corrected chi connectivity index (χ3v) is 4.00.